The highest BCUT2D eigenvalue weighted by Gasteiger charge is 2.11. The fourth-order valence-corrected chi connectivity index (χ4v) is 1.17. The van der Waals surface area contributed by atoms with Crippen LogP contribution in [-0.4, -0.2) is 17.3 Å². The minimum atomic E-state index is -0.779. The maximum Gasteiger partial charge on any atom is 0.128 e. The number of hydrogen-bond donors (Lipinski definition) is 2. The van der Waals surface area contributed by atoms with E-state index in [9.17, 15) is 13.9 Å². The first-order valence-electron chi connectivity index (χ1n) is 4.79. The number of rotatable bonds is 4. The Morgan fingerprint density at radius 3 is 2.20 bits per heavy atom. The van der Waals surface area contributed by atoms with Crippen LogP contribution in [-0.2, 0) is 0 Å². The maximum atomic E-state index is 12.8. The monoisotopic (exact) mass is 215 g/mol. The number of hydrogen-bond acceptors (Lipinski definition) is 2. The zero-order valence-corrected chi connectivity index (χ0v) is 8.85. The molecule has 0 aliphatic heterocycles. The second kappa shape index (κ2) is 4.57. The Balaban J connectivity index is 2.51. The van der Waals surface area contributed by atoms with Crippen molar-refractivity contribution in [1.29, 1.82) is 0 Å². The average Bonchev–Trinajstić information content (AvgIpc) is 1.99. The molecule has 0 saturated carbocycles. The predicted molar refractivity (Wildman–Crippen MR) is 55.8 cm³/mol. The van der Waals surface area contributed by atoms with Crippen molar-refractivity contribution < 1.29 is 13.9 Å². The molecular formula is C11H15F2NO. The maximum absolute atomic E-state index is 12.8. The zero-order valence-electron chi connectivity index (χ0n) is 8.85. The molecule has 0 radical (unpaired) electrons. The molecule has 0 atom stereocenters. The highest BCUT2D eigenvalue weighted by molar-refractivity contribution is 5.43. The molecule has 1 aromatic rings. The molecule has 0 spiro atoms. The lowest BCUT2D eigenvalue weighted by molar-refractivity contribution is 0.0749. The summed E-state index contributed by atoms with van der Waals surface area (Å²) in [5, 5.41) is 12.3. The van der Waals surface area contributed by atoms with E-state index in [0.717, 1.165) is 6.07 Å². The van der Waals surface area contributed by atoms with Crippen LogP contribution in [0.2, 0.25) is 0 Å². The Hall–Kier alpha value is -1.16. The van der Waals surface area contributed by atoms with Gasteiger partial charge in [-0.3, -0.25) is 0 Å². The standard InChI is InChI=1S/C11H15F2NO/c1-11(2,15)3-4-14-10-6-8(12)5-9(13)7-10/h5-7,14-15H,3-4H2,1-2H3. The van der Waals surface area contributed by atoms with E-state index in [0.29, 0.717) is 18.7 Å². The highest BCUT2D eigenvalue weighted by atomic mass is 19.1. The fourth-order valence-electron chi connectivity index (χ4n) is 1.17. The van der Waals surface area contributed by atoms with Crippen LogP contribution in [0.15, 0.2) is 18.2 Å². The summed E-state index contributed by atoms with van der Waals surface area (Å²) < 4.78 is 25.5. The molecule has 0 aliphatic rings. The van der Waals surface area contributed by atoms with Crippen molar-refractivity contribution in [3.8, 4) is 0 Å². The van der Waals surface area contributed by atoms with Crippen molar-refractivity contribution in [2.24, 2.45) is 0 Å². The lowest BCUT2D eigenvalue weighted by atomic mass is 10.1. The number of nitrogens with one attached hydrogen (secondary N) is 1. The van der Waals surface area contributed by atoms with Crippen LogP contribution in [0.5, 0.6) is 0 Å². The van der Waals surface area contributed by atoms with Crippen LogP contribution in [0.1, 0.15) is 20.3 Å². The van der Waals surface area contributed by atoms with E-state index in [1.54, 1.807) is 13.8 Å². The molecular weight excluding hydrogens is 200 g/mol. The molecule has 15 heavy (non-hydrogen) atoms. The molecule has 4 heteroatoms. The quantitative estimate of drug-likeness (QED) is 0.809. The highest BCUT2D eigenvalue weighted by Crippen LogP contribution is 2.14. The van der Waals surface area contributed by atoms with Crippen molar-refractivity contribution in [3.05, 3.63) is 29.8 Å². The summed E-state index contributed by atoms with van der Waals surface area (Å²) in [4.78, 5) is 0. The molecule has 0 fully saturated rings. The number of aliphatic hydroxyl groups is 1. The van der Waals surface area contributed by atoms with Gasteiger partial charge in [0.15, 0.2) is 0 Å². The molecule has 1 rings (SSSR count). The first kappa shape index (κ1) is 11.9. The van der Waals surface area contributed by atoms with E-state index < -0.39 is 17.2 Å². The second-order valence-corrected chi connectivity index (χ2v) is 4.15. The van der Waals surface area contributed by atoms with Gasteiger partial charge in [0, 0.05) is 18.3 Å². The van der Waals surface area contributed by atoms with Crippen LogP contribution in [0.25, 0.3) is 0 Å². The second-order valence-electron chi connectivity index (χ2n) is 4.15. The normalized spacial score (nSPS) is 11.5. The molecule has 0 aromatic heterocycles. The summed E-state index contributed by atoms with van der Waals surface area (Å²) in [6.45, 7) is 3.83. The van der Waals surface area contributed by atoms with Gasteiger partial charge in [-0.1, -0.05) is 0 Å². The molecule has 0 unspecified atom stereocenters. The largest absolute Gasteiger partial charge is 0.390 e. The number of benzene rings is 1. The van der Waals surface area contributed by atoms with Gasteiger partial charge in [-0.25, -0.2) is 8.78 Å². The van der Waals surface area contributed by atoms with Crippen LogP contribution in [0.4, 0.5) is 14.5 Å². The molecule has 2 nitrogen and oxygen atoms in total. The number of anilines is 1. The van der Waals surface area contributed by atoms with Gasteiger partial charge in [0.05, 0.1) is 5.60 Å². The summed E-state index contributed by atoms with van der Waals surface area (Å²) in [7, 11) is 0. The van der Waals surface area contributed by atoms with Crippen LogP contribution in [0, 0.1) is 11.6 Å². The number of halogens is 2. The Morgan fingerprint density at radius 2 is 1.73 bits per heavy atom. The van der Waals surface area contributed by atoms with Crippen LogP contribution < -0.4 is 5.32 Å². The van der Waals surface area contributed by atoms with Gasteiger partial charge in [0.2, 0.25) is 0 Å². The Morgan fingerprint density at radius 1 is 1.20 bits per heavy atom. The van der Waals surface area contributed by atoms with Gasteiger partial charge < -0.3 is 10.4 Å². The van der Waals surface area contributed by atoms with Crippen molar-refractivity contribution >= 4 is 5.69 Å². The third kappa shape index (κ3) is 4.74. The Kier molecular flexibility index (Phi) is 3.63. The van der Waals surface area contributed by atoms with Crippen LogP contribution >= 0.6 is 0 Å². The van der Waals surface area contributed by atoms with E-state index in [1.165, 1.54) is 12.1 Å². The van der Waals surface area contributed by atoms with E-state index in [4.69, 9.17) is 0 Å². The van der Waals surface area contributed by atoms with Gasteiger partial charge in [-0.15, -0.1) is 0 Å². The van der Waals surface area contributed by atoms with Crippen molar-refractivity contribution in [3.63, 3.8) is 0 Å². The fraction of sp³-hybridized carbons (Fsp3) is 0.455. The predicted octanol–water partition coefficient (Wildman–Crippen LogP) is 2.54. The first-order valence-corrected chi connectivity index (χ1v) is 4.79. The average molecular weight is 215 g/mol. The molecule has 0 aliphatic carbocycles. The molecule has 0 saturated heterocycles. The molecule has 0 heterocycles. The van der Waals surface area contributed by atoms with E-state index in [2.05, 4.69) is 5.32 Å². The Bertz CT molecular complexity index is 314. The summed E-state index contributed by atoms with van der Waals surface area (Å²) in [5.74, 6) is -1.22. The van der Waals surface area contributed by atoms with Gasteiger partial charge in [-0.05, 0) is 32.4 Å². The third-order valence-electron chi connectivity index (χ3n) is 1.93. The molecule has 0 amide bonds. The topological polar surface area (TPSA) is 32.3 Å². The van der Waals surface area contributed by atoms with Crippen molar-refractivity contribution in [2.75, 3.05) is 11.9 Å². The van der Waals surface area contributed by atoms with E-state index in [1.807, 2.05) is 0 Å². The first-order chi connectivity index (χ1) is 6.87. The summed E-state index contributed by atoms with van der Waals surface area (Å²) in [5.41, 5.74) is -0.393. The smallest absolute Gasteiger partial charge is 0.128 e. The summed E-state index contributed by atoms with van der Waals surface area (Å²) in [6, 6.07) is 3.25. The van der Waals surface area contributed by atoms with E-state index >= 15 is 0 Å². The summed E-state index contributed by atoms with van der Waals surface area (Å²) in [6.07, 6.45) is 0.505. The molecule has 1 aromatic carbocycles. The Labute approximate surface area is 87.9 Å². The third-order valence-corrected chi connectivity index (χ3v) is 1.93. The zero-order chi connectivity index (χ0) is 11.5. The van der Waals surface area contributed by atoms with E-state index in [-0.39, 0.29) is 0 Å². The van der Waals surface area contributed by atoms with Gasteiger partial charge in [-0.2, -0.15) is 0 Å². The minimum Gasteiger partial charge on any atom is -0.390 e. The van der Waals surface area contributed by atoms with Gasteiger partial charge in [0.1, 0.15) is 11.6 Å². The van der Waals surface area contributed by atoms with Crippen LogP contribution in [0.3, 0.4) is 0 Å². The minimum absolute atomic E-state index is 0.386. The van der Waals surface area contributed by atoms with Crippen molar-refractivity contribution in [1.82, 2.24) is 0 Å². The molecule has 0 bridgehead atoms. The molecule has 2 N–H and O–H groups in total. The lowest BCUT2D eigenvalue weighted by Crippen LogP contribution is -2.22. The van der Waals surface area contributed by atoms with Crippen molar-refractivity contribution in [2.45, 2.75) is 25.9 Å². The van der Waals surface area contributed by atoms with Gasteiger partial charge in [0.25, 0.3) is 0 Å². The van der Waals surface area contributed by atoms with Gasteiger partial charge >= 0.3 is 0 Å². The SMILES string of the molecule is CC(C)(O)CCNc1cc(F)cc(F)c1. The lowest BCUT2D eigenvalue weighted by Gasteiger charge is -2.17. The molecule has 84 valence electrons. The summed E-state index contributed by atoms with van der Waals surface area (Å²) >= 11 is 0.